The first kappa shape index (κ1) is 20.2. The van der Waals surface area contributed by atoms with Gasteiger partial charge in [-0.15, -0.1) is 0 Å². The summed E-state index contributed by atoms with van der Waals surface area (Å²) in [5, 5.41) is 11.2. The van der Waals surface area contributed by atoms with Crippen molar-refractivity contribution >= 4 is 34.4 Å². The molecule has 3 aromatic heterocycles. The van der Waals surface area contributed by atoms with Crippen LogP contribution in [0.3, 0.4) is 0 Å². The molecular weight excluding hydrogens is 400 g/mol. The van der Waals surface area contributed by atoms with Crippen molar-refractivity contribution in [2.24, 2.45) is 0 Å². The summed E-state index contributed by atoms with van der Waals surface area (Å²) in [4.78, 5) is 28.5. The second kappa shape index (κ2) is 7.62. The quantitative estimate of drug-likeness (QED) is 0.676. The molecule has 0 spiro atoms. The van der Waals surface area contributed by atoms with Gasteiger partial charge in [-0.05, 0) is 38.5 Å². The van der Waals surface area contributed by atoms with Gasteiger partial charge in [0, 0.05) is 55.4 Å². The summed E-state index contributed by atoms with van der Waals surface area (Å²) in [5.74, 6) is 0.884. The number of piperazine rings is 1. The maximum atomic E-state index is 12.0. The van der Waals surface area contributed by atoms with E-state index < -0.39 is 0 Å². The predicted molar refractivity (Wildman–Crippen MR) is 117 cm³/mol. The van der Waals surface area contributed by atoms with Crippen molar-refractivity contribution < 1.29 is 4.79 Å². The van der Waals surface area contributed by atoms with E-state index in [1.807, 2.05) is 30.2 Å². The molecule has 0 unspecified atom stereocenters. The number of pyridine rings is 2. The van der Waals surface area contributed by atoms with Gasteiger partial charge in [0.1, 0.15) is 17.5 Å². The van der Waals surface area contributed by atoms with Crippen LogP contribution in [-0.4, -0.2) is 50.9 Å². The number of carbonyl (C=O) groups excluding carboxylic acids is 1. The number of nitriles is 1. The maximum Gasteiger partial charge on any atom is 0.220 e. The van der Waals surface area contributed by atoms with E-state index in [4.69, 9.17) is 16.6 Å². The number of aryl methyl sites for hydroxylation is 1. The van der Waals surface area contributed by atoms with Crippen molar-refractivity contribution in [3.8, 4) is 17.3 Å². The van der Waals surface area contributed by atoms with Crippen LogP contribution >= 0.6 is 11.6 Å². The number of fused-ring (bicyclic) bond motifs is 1. The number of anilines is 1. The Labute approximate surface area is 180 Å². The number of hydrogen-bond donors (Lipinski definition) is 1. The molecule has 1 aliphatic heterocycles. The summed E-state index contributed by atoms with van der Waals surface area (Å²) in [6.45, 7) is 9.00. The van der Waals surface area contributed by atoms with Gasteiger partial charge >= 0.3 is 0 Å². The topological polar surface area (TPSA) is 88.9 Å². The highest BCUT2D eigenvalue weighted by atomic mass is 35.5. The molecule has 0 bridgehead atoms. The van der Waals surface area contributed by atoms with E-state index in [1.54, 1.807) is 13.1 Å². The van der Waals surface area contributed by atoms with Crippen molar-refractivity contribution in [1.29, 1.82) is 5.26 Å². The lowest BCUT2D eigenvalue weighted by Gasteiger charge is -2.44. The van der Waals surface area contributed by atoms with Crippen LogP contribution in [0.1, 0.15) is 31.9 Å². The van der Waals surface area contributed by atoms with Crippen LogP contribution in [0.25, 0.3) is 22.3 Å². The zero-order chi connectivity index (χ0) is 21.6. The van der Waals surface area contributed by atoms with Crippen molar-refractivity contribution in [2.75, 3.05) is 18.0 Å². The van der Waals surface area contributed by atoms with Gasteiger partial charge in [-0.2, -0.15) is 5.26 Å². The van der Waals surface area contributed by atoms with E-state index in [0.717, 1.165) is 22.3 Å². The Hall–Kier alpha value is -3.11. The molecule has 0 aliphatic carbocycles. The molecule has 0 radical (unpaired) electrons. The Morgan fingerprint density at radius 3 is 2.63 bits per heavy atom. The number of nitrogens with one attached hydrogen (secondary N) is 1. The van der Waals surface area contributed by atoms with Gasteiger partial charge in [0.25, 0.3) is 0 Å². The van der Waals surface area contributed by atoms with E-state index in [-0.39, 0.29) is 18.0 Å². The molecule has 1 saturated heterocycles. The lowest BCUT2D eigenvalue weighted by molar-refractivity contribution is -0.133. The molecular formula is C22H23ClN6O. The van der Waals surface area contributed by atoms with Crippen LogP contribution in [0.5, 0.6) is 0 Å². The second-order valence-corrected chi connectivity index (χ2v) is 8.35. The van der Waals surface area contributed by atoms with Crippen LogP contribution in [-0.2, 0) is 4.79 Å². The van der Waals surface area contributed by atoms with Gasteiger partial charge < -0.3 is 14.8 Å². The van der Waals surface area contributed by atoms with E-state index in [1.165, 1.54) is 0 Å². The molecule has 2 atom stereocenters. The predicted octanol–water partition coefficient (Wildman–Crippen LogP) is 3.90. The van der Waals surface area contributed by atoms with Gasteiger partial charge in [0.2, 0.25) is 5.91 Å². The smallest absolute Gasteiger partial charge is 0.220 e. The Bertz CT molecular complexity index is 1170. The zero-order valence-corrected chi connectivity index (χ0v) is 18.2. The van der Waals surface area contributed by atoms with E-state index >= 15 is 0 Å². The average molecular weight is 423 g/mol. The minimum absolute atomic E-state index is 0.0727. The third-order valence-corrected chi connectivity index (χ3v) is 5.88. The van der Waals surface area contributed by atoms with Gasteiger partial charge in [-0.25, -0.2) is 9.97 Å². The Kier molecular flexibility index (Phi) is 5.12. The van der Waals surface area contributed by atoms with Crippen molar-refractivity contribution in [2.45, 2.75) is 39.8 Å². The molecule has 1 aliphatic rings. The number of carbonyl (C=O) groups is 1. The summed E-state index contributed by atoms with van der Waals surface area (Å²) in [6.07, 6.45) is 3.40. The highest BCUT2D eigenvalue weighted by molar-refractivity contribution is 6.31. The highest BCUT2D eigenvalue weighted by Crippen LogP contribution is 2.34. The molecule has 4 rings (SSSR count). The highest BCUT2D eigenvalue weighted by Gasteiger charge is 2.32. The molecule has 1 N–H and O–H groups in total. The van der Waals surface area contributed by atoms with Crippen LogP contribution < -0.4 is 4.90 Å². The lowest BCUT2D eigenvalue weighted by Crippen LogP contribution is -2.58. The average Bonchev–Trinajstić information content (AvgIpc) is 3.09. The minimum Gasteiger partial charge on any atom is -0.352 e. The number of hydrogen-bond acceptors (Lipinski definition) is 5. The van der Waals surface area contributed by atoms with E-state index in [2.05, 4.69) is 34.8 Å². The first-order valence-corrected chi connectivity index (χ1v) is 10.3. The maximum absolute atomic E-state index is 12.0. The van der Waals surface area contributed by atoms with Crippen LogP contribution in [0.4, 0.5) is 5.82 Å². The van der Waals surface area contributed by atoms with Crippen LogP contribution in [0.15, 0.2) is 24.5 Å². The third-order valence-electron chi connectivity index (χ3n) is 5.67. The molecule has 8 heteroatoms. The standard InChI is InChI=1S/C22H23ClN6O/c1-12-5-20(28-10-13(2)29(15(4)30)14(3)11-28)27-21(18(12)7-24)19-9-26-22-17(19)6-16(23)8-25-22/h5-6,8-9,13-14H,10-11H2,1-4H3,(H,25,26)/t13-,14+. The molecule has 3 aromatic rings. The van der Waals surface area contributed by atoms with E-state index in [0.29, 0.717) is 35.0 Å². The number of nitrogens with zero attached hydrogens (tertiary/aromatic N) is 5. The summed E-state index contributed by atoms with van der Waals surface area (Å²) in [6, 6.07) is 6.22. The Morgan fingerprint density at radius 1 is 1.30 bits per heavy atom. The van der Waals surface area contributed by atoms with Crippen LogP contribution in [0, 0.1) is 18.3 Å². The Morgan fingerprint density at radius 2 is 2.00 bits per heavy atom. The van der Waals surface area contributed by atoms with Gasteiger partial charge in [-0.3, -0.25) is 4.79 Å². The van der Waals surface area contributed by atoms with Crippen molar-refractivity contribution in [3.63, 3.8) is 0 Å². The summed E-state index contributed by atoms with van der Waals surface area (Å²) in [5.41, 5.74) is 3.49. The third kappa shape index (κ3) is 3.37. The SMILES string of the molecule is CC(=O)N1[C@H](C)CN(c2cc(C)c(C#N)c(-c3c[nH]c4ncc(Cl)cc34)n2)C[C@@H]1C. The molecule has 0 aromatic carbocycles. The van der Waals surface area contributed by atoms with Gasteiger partial charge in [0.05, 0.1) is 16.3 Å². The number of aromatic nitrogens is 3. The normalized spacial score (nSPS) is 19.2. The van der Waals surface area contributed by atoms with Crippen molar-refractivity contribution in [1.82, 2.24) is 19.9 Å². The molecule has 30 heavy (non-hydrogen) atoms. The lowest BCUT2D eigenvalue weighted by atomic mass is 10.0. The molecule has 0 saturated carbocycles. The summed E-state index contributed by atoms with van der Waals surface area (Å²) in [7, 11) is 0. The van der Waals surface area contributed by atoms with Gasteiger partial charge in [0.15, 0.2) is 0 Å². The number of rotatable bonds is 2. The molecule has 7 nitrogen and oxygen atoms in total. The monoisotopic (exact) mass is 422 g/mol. The zero-order valence-electron chi connectivity index (χ0n) is 17.4. The molecule has 1 amide bonds. The molecule has 4 heterocycles. The Balaban J connectivity index is 1.81. The second-order valence-electron chi connectivity index (χ2n) is 7.91. The fraction of sp³-hybridized carbons (Fsp3) is 0.364. The number of halogens is 1. The number of amides is 1. The fourth-order valence-corrected chi connectivity index (χ4v) is 4.62. The largest absolute Gasteiger partial charge is 0.352 e. The fourth-order valence-electron chi connectivity index (χ4n) is 4.46. The first-order chi connectivity index (χ1) is 14.3. The van der Waals surface area contributed by atoms with E-state index in [9.17, 15) is 10.1 Å². The van der Waals surface area contributed by atoms with Gasteiger partial charge in [-0.1, -0.05) is 11.6 Å². The number of aromatic amines is 1. The summed E-state index contributed by atoms with van der Waals surface area (Å²) < 4.78 is 0. The summed E-state index contributed by atoms with van der Waals surface area (Å²) >= 11 is 6.16. The molecule has 154 valence electrons. The van der Waals surface area contributed by atoms with Crippen molar-refractivity contribution in [3.05, 3.63) is 40.7 Å². The first-order valence-electron chi connectivity index (χ1n) is 9.88. The van der Waals surface area contributed by atoms with Crippen LogP contribution in [0.2, 0.25) is 5.02 Å². The number of H-pyrrole nitrogens is 1. The molecule has 1 fully saturated rings. The minimum atomic E-state index is 0.0727.